The molecule has 4 rings (SSSR count). The van der Waals surface area contributed by atoms with E-state index in [0.717, 1.165) is 11.1 Å². The van der Waals surface area contributed by atoms with E-state index in [0.29, 0.717) is 23.7 Å². The van der Waals surface area contributed by atoms with Gasteiger partial charge in [-0.1, -0.05) is 54.1 Å². The Labute approximate surface area is 191 Å². The van der Waals surface area contributed by atoms with Crippen molar-refractivity contribution in [2.24, 2.45) is 0 Å². The molecule has 3 aromatic carbocycles. The Kier molecular flexibility index (Phi) is 7.10. The Hall–Kier alpha value is -3.28. The molecule has 1 atom stereocenters. The Bertz CT molecular complexity index is 1160. The van der Waals surface area contributed by atoms with Crippen molar-refractivity contribution in [2.75, 3.05) is 0 Å². The first-order valence-electron chi connectivity index (χ1n) is 10.3. The lowest BCUT2D eigenvalue weighted by atomic mass is 10.1. The number of halogens is 2. The molecule has 32 heavy (non-hydrogen) atoms. The van der Waals surface area contributed by atoms with Gasteiger partial charge in [-0.15, -0.1) is 0 Å². The number of imidazole rings is 1. The van der Waals surface area contributed by atoms with E-state index in [1.807, 2.05) is 82.5 Å². The minimum absolute atomic E-state index is 0.0775. The molecule has 0 aliphatic heterocycles. The molecular weight excluding hydrogens is 427 g/mol. The summed E-state index contributed by atoms with van der Waals surface area (Å²) >= 11 is 5.97. The molecule has 0 aliphatic carbocycles. The summed E-state index contributed by atoms with van der Waals surface area (Å²) in [6, 6.07) is 23.3. The van der Waals surface area contributed by atoms with Gasteiger partial charge in [0.05, 0.1) is 6.61 Å². The number of ketones is 1. The fraction of sp³-hybridized carbons (Fsp3) is 0.154. The Morgan fingerprint density at radius 2 is 1.72 bits per heavy atom. The van der Waals surface area contributed by atoms with Crippen molar-refractivity contribution in [3.05, 3.63) is 125 Å². The van der Waals surface area contributed by atoms with E-state index in [2.05, 4.69) is 0 Å². The summed E-state index contributed by atoms with van der Waals surface area (Å²) in [7, 11) is 0. The standard InChI is InChI=1S/C26H23ClFN2O2/c27-23-10-6-20(7-11-23)18-32-26(22-4-2-1-3-5-22)17-30-15-14-29(19-30)16-25(31)21-8-12-24(28)13-9-21/h1-15,19,26H,16-18H2/q+1. The number of carbonyl (C=O) groups excluding carboxylic acids is 1. The first-order chi connectivity index (χ1) is 15.6. The van der Waals surface area contributed by atoms with E-state index in [1.165, 1.54) is 24.3 Å². The van der Waals surface area contributed by atoms with Crippen LogP contribution in [0.1, 0.15) is 27.6 Å². The van der Waals surface area contributed by atoms with Crippen LogP contribution in [0.25, 0.3) is 0 Å². The van der Waals surface area contributed by atoms with Gasteiger partial charge in [0.1, 0.15) is 30.9 Å². The zero-order chi connectivity index (χ0) is 22.3. The highest BCUT2D eigenvalue weighted by atomic mass is 35.5. The van der Waals surface area contributed by atoms with E-state index < -0.39 is 0 Å². The normalized spacial score (nSPS) is 11.9. The van der Waals surface area contributed by atoms with Crippen LogP contribution in [0.4, 0.5) is 4.39 Å². The van der Waals surface area contributed by atoms with Gasteiger partial charge >= 0.3 is 0 Å². The van der Waals surface area contributed by atoms with Gasteiger partial charge in [-0.3, -0.25) is 4.79 Å². The number of aromatic nitrogens is 2. The van der Waals surface area contributed by atoms with Crippen LogP contribution in [0.3, 0.4) is 0 Å². The molecule has 4 nitrogen and oxygen atoms in total. The zero-order valence-electron chi connectivity index (χ0n) is 17.4. The van der Waals surface area contributed by atoms with E-state index in [-0.39, 0.29) is 24.2 Å². The number of hydrogen-bond donors (Lipinski definition) is 0. The van der Waals surface area contributed by atoms with Crippen LogP contribution in [-0.2, 0) is 24.4 Å². The summed E-state index contributed by atoms with van der Waals surface area (Å²) in [5.41, 5.74) is 2.60. The minimum atomic E-state index is -0.356. The molecule has 1 heterocycles. The fourth-order valence-corrected chi connectivity index (χ4v) is 3.55. The second-order valence-corrected chi connectivity index (χ2v) is 7.99. The Balaban J connectivity index is 1.44. The molecule has 0 bridgehead atoms. The largest absolute Gasteiger partial charge is 0.365 e. The number of ether oxygens (including phenoxy) is 1. The van der Waals surface area contributed by atoms with Gasteiger partial charge < -0.3 is 4.74 Å². The monoisotopic (exact) mass is 449 g/mol. The van der Waals surface area contributed by atoms with Gasteiger partial charge in [-0.25, -0.2) is 13.5 Å². The van der Waals surface area contributed by atoms with Crippen LogP contribution in [0.2, 0.25) is 5.02 Å². The van der Waals surface area contributed by atoms with Crippen molar-refractivity contribution in [3.63, 3.8) is 0 Å². The molecule has 4 aromatic rings. The van der Waals surface area contributed by atoms with Crippen LogP contribution >= 0.6 is 11.6 Å². The molecular formula is C26H23ClFN2O2+. The summed E-state index contributed by atoms with van der Waals surface area (Å²) in [6.45, 7) is 1.23. The Morgan fingerprint density at radius 3 is 2.44 bits per heavy atom. The van der Waals surface area contributed by atoms with Crippen LogP contribution in [0.15, 0.2) is 97.6 Å². The highest BCUT2D eigenvalue weighted by Gasteiger charge is 2.18. The number of Topliss-reactive ketones (excluding diaryl/α,β-unsaturated/α-hetero) is 1. The third kappa shape index (κ3) is 5.90. The van der Waals surface area contributed by atoms with Crippen molar-refractivity contribution in [1.82, 2.24) is 4.57 Å². The maximum atomic E-state index is 13.1. The molecule has 6 heteroatoms. The topological polar surface area (TPSA) is 35.1 Å². The lowest BCUT2D eigenvalue weighted by Crippen LogP contribution is -2.36. The smallest absolute Gasteiger partial charge is 0.244 e. The zero-order valence-corrected chi connectivity index (χ0v) is 18.2. The summed E-state index contributed by atoms with van der Waals surface area (Å²) in [6.07, 6.45) is 5.48. The van der Waals surface area contributed by atoms with Crippen LogP contribution in [-0.4, -0.2) is 10.4 Å². The molecule has 0 radical (unpaired) electrons. The molecule has 1 aromatic heterocycles. The number of carbonyl (C=O) groups is 1. The lowest BCUT2D eigenvalue weighted by Gasteiger charge is -2.17. The molecule has 0 saturated carbocycles. The molecule has 0 fully saturated rings. The fourth-order valence-electron chi connectivity index (χ4n) is 3.42. The van der Waals surface area contributed by atoms with Gasteiger partial charge in [0, 0.05) is 10.6 Å². The molecule has 0 saturated heterocycles. The SMILES string of the molecule is O=C(C[n+]1ccn(CC(OCc2ccc(Cl)cc2)c2ccccc2)c1)c1ccc(F)cc1. The van der Waals surface area contributed by atoms with Gasteiger partial charge in [0.2, 0.25) is 12.1 Å². The van der Waals surface area contributed by atoms with Crippen molar-refractivity contribution >= 4 is 17.4 Å². The number of hydrogen-bond acceptors (Lipinski definition) is 2. The van der Waals surface area contributed by atoms with Crippen molar-refractivity contribution in [3.8, 4) is 0 Å². The highest BCUT2D eigenvalue weighted by Crippen LogP contribution is 2.22. The van der Waals surface area contributed by atoms with E-state index in [1.54, 1.807) is 0 Å². The maximum Gasteiger partial charge on any atom is 0.244 e. The molecule has 162 valence electrons. The average molecular weight is 450 g/mol. The first kappa shape index (κ1) is 21.9. The predicted octanol–water partition coefficient (Wildman–Crippen LogP) is 5.41. The summed E-state index contributed by atoms with van der Waals surface area (Å²) in [4.78, 5) is 12.5. The molecule has 0 amide bonds. The second-order valence-electron chi connectivity index (χ2n) is 7.55. The summed E-state index contributed by atoms with van der Waals surface area (Å²) < 4.78 is 23.2. The second kappa shape index (κ2) is 10.4. The molecule has 0 spiro atoms. The number of nitrogens with zero attached hydrogens (tertiary/aromatic N) is 2. The molecule has 0 aliphatic rings. The average Bonchev–Trinajstić information content (AvgIpc) is 3.25. The van der Waals surface area contributed by atoms with Gasteiger partial charge in [-0.05, 0) is 47.5 Å². The van der Waals surface area contributed by atoms with Gasteiger partial charge in [0.25, 0.3) is 0 Å². The molecule has 1 unspecified atom stereocenters. The van der Waals surface area contributed by atoms with Crippen LogP contribution in [0, 0.1) is 5.82 Å². The van der Waals surface area contributed by atoms with E-state index in [9.17, 15) is 9.18 Å². The molecule has 0 N–H and O–H groups in total. The third-order valence-electron chi connectivity index (χ3n) is 5.15. The lowest BCUT2D eigenvalue weighted by molar-refractivity contribution is -0.682. The third-order valence-corrected chi connectivity index (χ3v) is 5.40. The summed E-state index contributed by atoms with van der Waals surface area (Å²) in [5, 5.41) is 0.695. The van der Waals surface area contributed by atoms with E-state index in [4.69, 9.17) is 16.3 Å². The van der Waals surface area contributed by atoms with Crippen molar-refractivity contribution < 1.29 is 18.5 Å². The number of benzene rings is 3. The highest BCUT2D eigenvalue weighted by molar-refractivity contribution is 6.30. The van der Waals surface area contributed by atoms with Gasteiger partial charge in [-0.2, -0.15) is 0 Å². The predicted molar refractivity (Wildman–Crippen MR) is 121 cm³/mol. The Morgan fingerprint density at radius 1 is 1.00 bits per heavy atom. The number of rotatable bonds is 9. The quantitative estimate of drug-likeness (QED) is 0.253. The van der Waals surface area contributed by atoms with Crippen LogP contribution < -0.4 is 4.57 Å². The van der Waals surface area contributed by atoms with E-state index >= 15 is 0 Å². The first-order valence-corrected chi connectivity index (χ1v) is 10.7. The van der Waals surface area contributed by atoms with Gasteiger partial charge in [0.15, 0.2) is 6.54 Å². The summed E-state index contributed by atoms with van der Waals surface area (Å²) in [5.74, 6) is -0.433. The minimum Gasteiger partial charge on any atom is -0.365 e. The van der Waals surface area contributed by atoms with Crippen molar-refractivity contribution in [1.29, 1.82) is 0 Å². The van der Waals surface area contributed by atoms with Crippen molar-refractivity contribution in [2.45, 2.75) is 25.8 Å². The maximum absolute atomic E-state index is 13.1. The van der Waals surface area contributed by atoms with Crippen LogP contribution in [0.5, 0.6) is 0 Å².